The van der Waals surface area contributed by atoms with Gasteiger partial charge in [-0.15, -0.1) is 11.3 Å². The monoisotopic (exact) mass is 483 g/mol. The number of hydrogen-bond acceptors (Lipinski definition) is 7. The van der Waals surface area contributed by atoms with Gasteiger partial charge in [0.2, 0.25) is 0 Å². The maximum Gasteiger partial charge on any atom is 0.348 e. The first kappa shape index (κ1) is 24.6. The van der Waals surface area contributed by atoms with Gasteiger partial charge < -0.3 is 14.5 Å². The molecule has 0 atom stereocenters. The third-order valence-electron chi connectivity index (χ3n) is 6.60. The van der Waals surface area contributed by atoms with E-state index in [1.165, 1.54) is 28.9 Å². The summed E-state index contributed by atoms with van der Waals surface area (Å²) in [5, 5.41) is 0.474. The van der Waals surface area contributed by atoms with Gasteiger partial charge in [-0.3, -0.25) is 9.69 Å². The van der Waals surface area contributed by atoms with Gasteiger partial charge in [-0.1, -0.05) is 29.8 Å². The van der Waals surface area contributed by atoms with Crippen molar-refractivity contribution in [1.29, 1.82) is 0 Å². The number of nitrogens with one attached hydrogen (secondary N) is 1. The van der Waals surface area contributed by atoms with Gasteiger partial charge >= 0.3 is 5.97 Å². The Bertz CT molecular complexity index is 1180. The Labute approximate surface area is 204 Å². The van der Waals surface area contributed by atoms with Crippen LogP contribution in [-0.4, -0.2) is 54.3 Å². The Morgan fingerprint density at radius 3 is 2.62 bits per heavy atom. The zero-order valence-electron chi connectivity index (χ0n) is 20.2. The maximum atomic E-state index is 12.8. The molecular formula is C26H33N3O4S. The lowest BCUT2D eigenvalue weighted by atomic mass is 9.90. The fourth-order valence-electron chi connectivity index (χ4n) is 4.51. The molecule has 4 rings (SSSR count). The fourth-order valence-corrected chi connectivity index (χ4v) is 5.61. The predicted molar refractivity (Wildman–Crippen MR) is 135 cm³/mol. The van der Waals surface area contributed by atoms with E-state index in [-0.39, 0.29) is 12.2 Å². The molecular weight excluding hydrogens is 450 g/mol. The molecule has 1 N–H and O–H groups in total. The van der Waals surface area contributed by atoms with Gasteiger partial charge in [0.05, 0.1) is 18.5 Å². The number of likely N-dealkylation sites (tertiary alicyclic amines) is 1. The molecule has 1 saturated heterocycles. The van der Waals surface area contributed by atoms with E-state index in [0.717, 1.165) is 38.3 Å². The molecule has 0 unspecified atom stereocenters. The van der Waals surface area contributed by atoms with E-state index in [9.17, 15) is 9.59 Å². The largest absolute Gasteiger partial charge is 0.459 e. The topological polar surface area (TPSA) is 84.5 Å². The summed E-state index contributed by atoms with van der Waals surface area (Å²) < 4.78 is 10.2. The van der Waals surface area contributed by atoms with E-state index in [2.05, 4.69) is 46.1 Å². The van der Waals surface area contributed by atoms with E-state index in [1.54, 1.807) is 14.0 Å². The molecule has 1 fully saturated rings. The summed E-state index contributed by atoms with van der Waals surface area (Å²) in [6, 6.07) is 8.84. The van der Waals surface area contributed by atoms with Crippen molar-refractivity contribution < 1.29 is 14.3 Å². The number of fused-ring (bicyclic) bond motifs is 1. The number of thiophene rings is 1. The summed E-state index contributed by atoms with van der Waals surface area (Å²) in [7, 11) is 1.55. The zero-order chi connectivity index (χ0) is 24.1. The van der Waals surface area contributed by atoms with Gasteiger partial charge in [0.15, 0.2) is 0 Å². The molecule has 0 saturated carbocycles. The second-order valence-electron chi connectivity index (χ2n) is 9.12. The number of benzene rings is 1. The van der Waals surface area contributed by atoms with Crippen LogP contribution >= 0.6 is 11.3 Å². The van der Waals surface area contributed by atoms with Crippen molar-refractivity contribution in [3.63, 3.8) is 0 Å². The normalized spacial score (nSPS) is 15.1. The predicted octanol–water partition coefficient (Wildman–Crippen LogP) is 4.25. The lowest BCUT2D eigenvalue weighted by Crippen LogP contribution is -2.34. The number of aryl methyl sites for hydroxylation is 3. The van der Waals surface area contributed by atoms with Crippen LogP contribution in [0.4, 0.5) is 0 Å². The molecule has 0 radical (unpaired) electrons. The molecule has 3 heterocycles. The zero-order valence-corrected chi connectivity index (χ0v) is 21.0. The molecule has 0 aliphatic carbocycles. The number of hydrogen-bond donors (Lipinski definition) is 1. The van der Waals surface area contributed by atoms with Gasteiger partial charge in [0.25, 0.3) is 5.56 Å². The van der Waals surface area contributed by atoms with Crippen molar-refractivity contribution in [2.75, 3.05) is 33.4 Å². The number of methoxy groups -OCH3 is 1. The van der Waals surface area contributed by atoms with Gasteiger partial charge in [-0.25, -0.2) is 9.78 Å². The Morgan fingerprint density at radius 1 is 1.18 bits per heavy atom. The third-order valence-corrected chi connectivity index (χ3v) is 7.76. The average molecular weight is 484 g/mol. The Kier molecular flexibility index (Phi) is 8.13. The minimum atomic E-state index is -0.439. The van der Waals surface area contributed by atoms with Crippen molar-refractivity contribution in [3.8, 4) is 0 Å². The lowest BCUT2D eigenvalue weighted by molar-refractivity contribution is 0.0393. The van der Waals surface area contributed by atoms with Crippen LogP contribution < -0.4 is 5.56 Å². The highest BCUT2D eigenvalue weighted by atomic mass is 32.1. The van der Waals surface area contributed by atoms with Crippen molar-refractivity contribution in [2.45, 2.75) is 46.1 Å². The summed E-state index contributed by atoms with van der Waals surface area (Å²) in [6.07, 6.45) is 4.67. The number of aromatic nitrogens is 2. The van der Waals surface area contributed by atoms with Crippen LogP contribution in [0.25, 0.3) is 10.2 Å². The number of carbonyl (C=O) groups is 1. The highest BCUT2D eigenvalue weighted by molar-refractivity contribution is 7.20. The van der Waals surface area contributed by atoms with Gasteiger partial charge in [-0.2, -0.15) is 0 Å². The molecule has 2 aromatic heterocycles. The average Bonchev–Trinajstić information content (AvgIpc) is 3.16. The number of rotatable bonds is 9. The molecule has 3 aromatic rings. The Hall–Kier alpha value is -2.55. The minimum Gasteiger partial charge on any atom is -0.459 e. The summed E-state index contributed by atoms with van der Waals surface area (Å²) in [4.78, 5) is 36.1. The summed E-state index contributed by atoms with van der Waals surface area (Å²) in [5.41, 5.74) is 3.14. The van der Waals surface area contributed by atoms with Crippen LogP contribution in [0.2, 0.25) is 0 Å². The third kappa shape index (κ3) is 5.92. The van der Waals surface area contributed by atoms with E-state index in [4.69, 9.17) is 9.47 Å². The van der Waals surface area contributed by atoms with Crippen LogP contribution in [-0.2, 0) is 22.4 Å². The van der Waals surface area contributed by atoms with Crippen LogP contribution in [0.5, 0.6) is 0 Å². The second kappa shape index (κ2) is 11.3. The number of ether oxygens (including phenoxy) is 2. The Balaban J connectivity index is 1.35. The standard InChI is InChI=1S/C26H33N3O4S/c1-17-4-6-19(7-5-17)8-9-20-10-12-29(13-11-20)16-21-27-24(30)22-18(2)23(34-25(22)28-21)26(31)33-15-14-32-3/h4-7,20H,8-16H2,1-3H3,(H,27,28,30). The quantitative estimate of drug-likeness (QED) is 0.362. The van der Waals surface area contributed by atoms with E-state index >= 15 is 0 Å². The number of piperidine rings is 1. The van der Waals surface area contributed by atoms with Crippen molar-refractivity contribution in [3.05, 3.63) is 62.0 Å². The molecule has 1 aliphatic rings. The molecule has 7 nitrogen and oxygen atoms in total. The van der Waals surface area contributed by atoms with Gasteiger partial charge in [-0.05, 0) is 69.7 Å². The molecule has 1 aliphatic heterocycles. The molecule has 34 heavy (non-hydrogen) atoms. The minimum absolute atomic E-state index is 0.180. The maximum absolute atomic E-state index is 12.8. The first-order valence-corrected chi connectivity index (χ1v) is 12.7. The Morgan fingerprint density at radius 2 is 1.91 bits per heavy atom. The van der Waals surface area contributed by atoms with E-state index in [1.807, 2.05) is 0 Å². The summed E-state index contributed by atoms with van der Waals surface area (Å²) in [5.74, 6) is 0.945. The molecule has 1 aromatic carbocycles. The van der Waals surface area contributed by atoms with Crippen molar-refractivity contribution >= 4 is 27.5 Å². The van der Waals surface area contributed by atoms with Crippen molar-refractivity contribution in [1.82, 2.24) is 14.9 Å². The van der Waals surface area contributed by atoms with Crippen LogP contribution in [0, 0.1) is 19.8 Å². The highest BCUT2D eigenvalue weighted by Gasteiger charge is 2.23. The molecule has 8 heteroatoms. The van der Waals surface area contributed by atoms with Crippen LogP contribution in [0.3, 0.4) is 0 Å². The first-order valence-electron chi connectivity index (χ1n) is 11.9. The van der Waals surface area contributed by atoms with Crippen LogP contribution in [0.15, 0.2) is 29.1 Å². The van der Waals surface area contributed by atoms with Gasteiger partial charge in [0, 0.05) is 7.11 Å². The highest BCUT2D eigenvalue weighted by Crippen LogP contribution is 2.28. The SMILES string of the molecule is COCCOC(=O)c1sc2nc(CN3CCC(CCc4ccc(C)cc4)CC3)[nH]c(=O)c2c1C. The smallest absolute Gasteiger partial charge is 0.348 e. The van der Waals surface area contributed by atoms with Gasteiger partial charge in [0.1, 0.15) is 22.1 Å². The molecule has 182 valence electrons. The van der Waals surface area contributed by atoms with Crippen molar-refractivity contribution in [2.24, 2.45) is 5.92 Å². The summed E-state index contributed by atoms with van der Waals surface area (Å²) >= 11 is 1.22. The van der Waals surface area contributed by atoms with Crippen LogP contribution in [0.1, 0.15) is 51.4 Å². The number of esters is 1. The lowest BCUT2D eigenvalue weighted by Gasteiger charge is -2.31. The first-order chi connectivity index (χ1) is 16.4. The molecule has 0 amide bonds. The molecule has 0 spiro atoms. The second-order valence-corrected chi connectivity index (χ2v) is 10.1. The molecule has 0 bridgehead atoms. The summed E-state index contributed by atoms with van der Waals surface area (Å²) in [6.45, 7) is 7.02. The number of aromatic amines is 1. The van der Waals surface area contributed by atoms with E-state index in [0.29, 0.717) is 39.6 Å². The number of nitrogens with zero attached hydrogens (tertiary/aromatic N) is 2. The van der Waals surface area contributed by atoms with E-state index < -0.39 is 5.97 Å². The number of H-pyrrole nitrogens is 1. The number of carbonyl (C=O) groups excluding carboxylic acids is 1. The fraction of sp³-hybridized carbons (Fsp3) is 0.500.